The molecule has 15 heavy (non-hydrogen) atoms. The fourth-order valence-electron chi connectivity index (χ4n) is 1.31. The normalized spacial score (nSPS) is 20.1. The zero-order chi connectivity index (χ0) is 11.2. The highest BCUT2D eigenvalue weighted by molar-refractivity contribution is 8.00. The monoisotopic (exact) mass is 246 g/mol. The molecule has 1 aromatic rings. The first-order valence-electron chi connectivity index (χ1n) is 3.74. The van der Waals surface area contributed by atoms with E-state index in [1.165, 1.54) is 24.3 Å². The van der Waals surface area contributed by atoms with Gasteiger partial charge in [-0.05, 0) is 12.1 Å². The molecule has 0 bridgehead atoms. The van der Waals surface area contributed by atoms with Crippen LogP contribution in [0.3, 0.4) is 0 Å². The van der Waals surface area contributed by atoms with E-state index in [-0.39, 0.29) is 14.2 Å². The van der Waals surface area contributed by atoms with Gasteiger partial charge in [0.25, 0.3) is 15.9 Å². The Hall–Kier alpha value is -1.25. The van der Waals surface area contributed by atoms with Gasteiger partial charge in [-0.25, -0.2) is 0 Å². The summed E-state index contributed by atoms with van der Waals surface area (Å²) in [4.78, 5) is 11.1. The Balaban J connectivity index is 2.77. The maximum absolute atomic E-state index is 11.5. The molecule has 2 rings (SSSR count). The minimum Gasteiger partial charge on any atom is -0.754 e. The van der Waals surface area contributed by atoms with E-state index in [4.69, 9.17) is 0 Å². The molecule has 1 heterocycles. The summed E-state index contributed by atoms with van der Waals surface area (Å²) >= 11 is -3.12. The van der Waals surface area contributed by atoms with Crippen LogP contribution in [0.1, 0.15) is 10.4 Å². The summed E-state index contributed by atoms with van der Waals surface area (Å²) < 4.78 is 44.2. The number of carbonyl (C=O) groups excluding carboxylic acids is 1. The minimum atomic E-state index is -4.22. The first-order valence-corrected chi connectivity index (χ1v) is 6.21. The topological polar surface area (TPSA) is 94.6 Å². The zero-order valence-electron chi connectivity index (χ0n) is 7.11. The molecule has 0 fully saturated rings. The van der Waals surface area contributed by atoms with Crippen LogP contribution in [-0.4, -0.2) is 26.8 Å². The number of sulfonamides is 1. The van der Waals surface area contributed by atoms with Gasteiger partial charge in [0.2, 0.25) is 0 Å². The summed E-state index contributed by atoms with van der Waals surface area (Å²) in [6, 6.07) is 5.34. The molecule has 0 radical (unpaired) electrons. The summed E-state index contributed by atoms with van der Waals surface area (Å²) in [6.45, 7) is 0. The van der Waals surface area contributed by atoms with Gasteiger partial charge >= 0.3 is 0 Å². The van der Waals surface area contributed by atoms with Crippen LogP contribution in [0, 0.1) is 0 Å². The number of amides is 1. The van der Waals surface area contributed by atoms with Crippen molar-refractivity contribution >= 4 is 27.2 Å². The Bertz CT molecular complexity index is 564. The van der Waals surface area contributed by atoms with Gasteiger partial charge in [0.1, 0.15) is 4.90 Å². The fourth-order valence-corrected chi connectivity index (χ4v) is 3.61. The number of hydrogen-bond acceptors (Lipinski definition) is 5. The number of hydrogen-bond donors (Lipinski definition) is 0. The molecular weight excluding hydrogens is 242 g/mol. The standard InChI is InChI=1S/C7H5NO5S2/c9-7-5-3-1-2-4-6(5)15(12,13)8(7)14(10)11/h1-4H,(H,10,11)/p-1. The molecule has 6 nitrogen and oxygen atoms in total. The zero-order valence-corrected chi connectivity index (χ0v) is 8.75. The van der Waals surface area contributed by atoms with Gasteiger partial charge in [-0.3, -0.25) is 9.00 Å². The third-order valence-electron chi connectivity index (χ3n) is 1.91. The molecule has 0 aromatic heterocycles. The Morgan fingerprint density at radius 2 is 1.87 bits per heavy atom. The van der Waals surface area contributed by atoms with E-state index >= 15 is 0 Å². The first-order chi connectivity index (χ1) is 6.96. The summed E-state index contributed by atoms with van der Waals surface area (Å²) in [5.41, 5.74) is -0.123. The number of fused-ring (bicyclic) bond motifs is 1. The molecule has 1 amide bonds. The van der Waals surface area contributed by atoms with Crippen molar-refractivity contribution in [2.45, 2.75) is 4.90 Å². The maximum atomic E-state index is 11.5. The van der Waals surface area contributed by atoms with Crippen molar-refractivity contribution in [1.29, 1.82) is 0 Å². The van der Waals surface area contributed by atoms with Crippen molar-refractivity contribution in [2.24, 2.45) is 0 Å². The van der Waals surface area contributed by atoms with Gasteiger partial charge in [-0.15, -0.1) is 0 Å². The Morgan fingerprint density at radius 3 is 2.40 bits per heavy atom. The van der Waals surface area contributed by atoms with E-state index in [0.717, 1.165) is 0 Å². The third-order valence-corrected chi connectivity index (χ3v) is 4.82. The van der Waals surface area contributed by atoms with E-state index in [9.17, 15) is 22.0 Å². The van der Waals surface area contributed by atoms with Crippen LogP contribution in [0.2, 0.25) is 0 Å². The molecule has 1 unspecified atom stereocenters. The Kier molecular flexibility index (Phi) is 2.14. The molecule has 8 heteroatoms. The lowest BCUT2D eigenvalue weighted by Crippen LogP contribution is -2.31. The highest BCUT2D eigenvalue weighted by atomic mass is 32.3. The average molecular weight is 246 g/mol. The highest BCUT2D eigenvalue weighted by Crippen LogP contribution is 2.30. The van der Waals surface area contributed by atoms with Crippen LogP contribution in [-0.2, 0) is 21.3 Å². The maximum Gasteiger partial charge on any atom is 0.280 e. The van der Waals surface area contributed by atoms with Crippen LogP contribution in [0.4, 0.5) is 0 Å². The summed E-state index contributed by atoms with van der Waals surface area (Å²) in [5, 5.41) is 0. The van der Waals surface area contributed by atoms with Gasteiger partial charge in [-0.2, -0.15) is 12.1 Å². The molecule has 0 saturated heterocycles. The van der Waals surface area contributed by atoms with Gasteiger partial charge < -0.3 is 4.55 Å². The summed E-state index contributed by atoms with van der Waals surface area (Å²) in [6.07, 6.45) is 0. The van der Waals surface area contributed by atoms with E-state index in [0.29, 0.717) is 0 Å². The van der Waals surface area contributed by atoms with E-state index in [2.05, 4.69) is 0 Å². The second-order valence-electron chi connectivity index (χ2n) is 2.75. The smallest absolute Gasteiger partial charge is 0.280 e. The largest absolute Gasteiger partial charge is 0.754 e. The SMILES string of the molecule is O=C1c2ccccc2S(=O)(=O)N1S(=O)[O-]. The van der Waals surface area contributed by atoms with Crippen LogP contribution in [0.25, 0.3) is 0 Å². The number of nitrogens with zero attached hydrogens (tertiary/aromatic N) is 1. The Labute approximate surface area is 88.0 Å². The quantitative estimate of drug-likeness (QED) is 0.630. The predicted molar refractivity (Wildman–Crippen MR) is 48.7 cm³/mol. The second kappa shape index (κ2) is 3.12. The van der Waals surface area contributed by atoms with Gasteiger partial charge in [0.05, 0.1) is 16.8 Å². The van der Waals surface area contributed by atoms with Crippen molar-refractivity contribution in [3.63, 3.8) is 0 Å². The highest BCUT2D eigenvalue weighted by Gasteiger charge is 2.41. The molecule has 0 aliphatic carbocycles. The molecule has 1 atom stereocenters. The fraction of sp³-hybridized carbons (Fsp3) is 0. The summed E-state index contributed by atoms with van der Waals surface area (Å²) in [5.74, 6) is -1.04. The molecule has 0 saturated carbocycles. The van der Waals surface area contributed by atoms with E-state index < -0.39 is 27.2 Å². The number of rotatable bonds is 1. The lowest BCUT2D eigenvalue weighted by molar-refractivity contribution is 0.0927. The van der Waals surface area contributed by atoms with Crippen LogP contribution in [0.5, 0.6) is 0 Å². The molecule has 80 valence electrons. The molecule has 1 aromatic carbocycles. The predicted octanol–water partition coefficient (Wildman–Crippen LogP) is -0.375. The first kappa shape index (κ1) is 10.3. The number of carbonyl (C=O) groups is 1. The lowest BCUT2D eigenvalue weighted by Gasteiger charge is -2.16. The van der Waals surface area contributed by atoms with Crippen molar-refractivity contribution in [3.05, 3.63) is 29.8 Å². The van der Waals surface area contributed by atoms with Crippen LogP contribution in [0.15, 0.2) is 29.2 Å². The van der Waals surface area contributed by atoms with Crippen LogP contribution >= 0.6 is 0 Å². The Morgan fingerprint density at radius 1 is 1.27 bits per heavy atom. The van der Waals surface area contributed by atoms with Gasteiger partial charge in [0.15, 0.2) is 0 Å². The van der Waals surface area contributed by atoms with E-state index in [1.807, 2.05) is 0 Å². The molecule has 0 spiro atoms. The molecular formula is C7H4NO5S2-. The van der Waals surface area contributed by atoms with Crippen molar-refractivity contribution in [1.82, 2.24) is 3.71 Å². The average Bonchev–Trinajstić information content (AvgIpc) is 2.36. The third kappa shape index (κ3) is 1.29. The van der Waals surface area contributed by atoms with Gasteiger partial charge in [-0.1, -0.05) is 12.1 Å². The van der Waals surface area contributed by atoms with Gasteiger partial charge in [0, 0.05) is 0 Å². The molecule has 0 N–H and O–H groups in total. The van der Waals surface area contributed by atoms with Crippen molar-refractivity contribution < 1.29 is 22.0 Å². The van der Waals surface area contributed by atoms with E-state index in [1.54, 1.807) is 0 Å². The molecule has 1 aliphatic rings. The van der Waals surface area contributed by atoms with Crippen molar-refractivity contribution in [3.8, 4) is 0 Å². The summed E-state index contributed by atoms with van der Waals surface area (Å²) in [7, 11) is -4.22. The van der Waals surface area contributed by atoms with Crippen molar-refractivity contribution in [2.75, 3.05) is 0 Å². The molecule has 1 aliphatic heterocycles. The van der Waals surface area contributed by atoms with Crippen LogP contribution < -0.4 is 0 Å². The minimum absolute atomic E-state index is 0.123. The number of benzene rings is 1. The lowest BCUT2D eigenvalue weighted by atomic mass is 10.2. The second-order valence-corrected chi connectivity index (χ2v) is 5.54.